The van der Waals surface area contributed by atoms with Gasteiger partial charge in [0.2, 0.25) is 0 Å². The maximum atomic E-state index is 9.96. The fourth-order valence-electron chi connectivity index (χ4n) is 1.87. The number of aliphatic hydroxyl groups is 2. The molecule has 2 atom stereocenters. The van der Waals surface area contributed by atoms with Crippen LogP contribution in [0.1, 0.15) is 25.5 Å². The molecule has 4 heteroatoms. The molecule has 1 aromatic carbocycles. The van der Waals surface area contributed by atoms with Crippen molar-refractivity contribution in [2.75, 3.05) is 7.11 Å². The van der Waals surface area contributed by atoms with E-state index in [4.69, 9.17) is 9.47 Å². The molecule has 0 radical (unpaired) electrons. The predicted molar refractivity (Wildman–Crippen MR) is 58.7 cm³/mol. The molecule has 0 saturated carbocycles. The molecule has 1 aromatic rings. The van der Waals surface area contributed by atoms with Gasteiger partial charge in [0.1, 0.15) is 29.3 Å². The van der Waals surface area contributed by atoms with E-state index in [2.05, 4.69) is 0 Å². The molecule has 0 spiro atoms. The summed E-state index contributed by atoms with van der Waals surface area (Å²) in [4.78, 5) is 0. The van der Waals surface area contributed by atoms with Crippen LogP contribution in [0.15, 0.2) is 18.2 Å². The van der Waals surface area contributed by atoms with Gasteiger partial charge in [0.05, 0.1) is 7.11 Å². The Balaban J connectivity index is 2.46. The maximum Gasteiger partial charge on any atom is 0.132 e. The minimum Gasteiger partial charge on any atom is -0.497 e. The Labute approximate surface area is 94.4 Å². The van der Waals surface area contributed by atoms with Gasteiger partial charge in [-0.25, -0.2) is 0 Å². The van der Waals surface area contributed by atoms with Crippen LogP contribution >= 0.6 is 0 Å². The fourth-order valence-corrected chi connectivity index (χ4v) is 1.87. The Bertz CT molecular complexity index is 400. The van der Waals surface area contributed by atoms with E-state index in [1.807, 2.05) is 0 Å². The molecule has 0 bridgehead atoms. The van der Waals surface area contributed by atoms with Gasteiger partial charge in [0.25, 0.3) is 0 Å². The molecule has 0 amide bonds. The van der Waals surface area contributed by atoms with Crippen LogP contribution in [0.2, 0.25) is 0 Å². The number of hydrogen-bond acceptors (Lipinski definition) is 4. The average molecular weight is 224 g/mol. The van der Waals surface area contributed by atoms with Gasteiger partial charge in [-0.1, -0.05) is 0 Å². The van der Waals surface area contributed by atoms with Gasteiger partial charge in [-0.15, -0.1) is 0 Å². The van der Waals surface area contributed by atoms with Gasteiger partial charge in [-0.3, -0.25) is 0 Å². The van der Waals surface area contributed by atoms with Crippen molar-refractivity contribution in [3.8, 4) is 11.5 Å². The molecule has 2 unspecified atom stereocenters. The number of methoxy groups -OCH3 is 1. The first-order chi connectivity index (χ1) is 7.45. The Kier molecular flexibility index (Phi) is 2.56. The summed E-state index contributed by atoms with van der Waals surface area (Å²) in [5, 5.41) is 19.8. The van der Waals surface area contributed by atoms with E-state index in [-0.39, 0.29) is 0 Å². The zero-order chi connectivity index (χ0) is 11.9. The van der Waals surface area contributed by atoms with Gasteiger partial charge in [-0.05, 0) is 26.0 Å². The minimum atomic E-state index is -0.937. The SMILES string of the molecule is COc1ccc2c(c1)OC(C)(C)C(O)C2O. The second-order valence-electron chi connectivity index (χ2n) is 4.50. The van der Waals surface area contributed by atoms with E-state index in [1.54, 1.807) is 39.2 Å². The summed E-state index contributed by atoms with van der Waals surface area (Å²) in [5.41, 5.74) is -0.216. The van der Waals surface area contributed by atoms with E-state index in [0.29, 0.717) is 17.1 Å². The summed E-state index contributed by atoms with van der Waals surface area (Å²) in [7, 11) is 1.57. The molecule has 0 fully saturated rings. The van der Waals surface area contributed by atoms with Crippen LogP contribution in [-0.4, -0.2) is 29.0 Å². The molecule has 0 aliphatic carbocycles. The third-order valence-corrected chi connectivity index (χ3v) is 2.92. The molecule has 4 nitrogen and oxygen atoms in total. The lowest BCUT2D eigenvalue weighted by molar-refractivity contribution is -0.111. The zero-order valence-corrected chi connectivity index (χ0v) is 9.60. The third-order valence-electron chi connectivity index (χ3n) is 2.92. The molecule has 16 heavy (non-hydrogen) atoms. The summed E-state index contributed by atoms with van der Waals surface area (Å²) in [6, 6.07) is 5.15. The third kappa shape index (κ3) is 1.64. The highest BCUT2D eigenvalue weighted by molar-refractivity contribution is 5.44. The number of benzene rings is 1. The topological polar surface area (TPSA) is 58.9 Å². The highest BCUT2D eigenvalue weighted by Gasteiger charge is 2.42. The molecule has 2 N–H and O–H groups in total. The second kappa shape index (κ2) is 3.64. The van der Waals surface area contributed by atoms with Crippen molar-refractivity contribution in [2.45, 2.75) is 31.7 Å². The van der Waals surface area contributed by atoms with Crippen LogP contribution in [0.4, 0.5) is 0 Å². The van der Waals surface area contributed by atoms with Gasteiger partial charge in [0, 0.05) is 11.6 Å². The molecule has 1 aliphatic rings. The number of hydrogen-bond donors (Lipinski definition) is 2. The van der Waals surface area contributed by atoms with Crippen molar-refractivity contribution in [3.63, 3.8) is 0 Å². The summed E-state index contributed by atoms with van der Waals surface area (Å²) >= 11 is 0. The second-order valence-corrected chi connectivity index (χ2v) is 4.50. The van der Waals surface area contributed by atoms with Gasteiger partial charge < -0.3 is 19.7 Å². The van der Waals surface area contributed by atoms with E-state index in [9.17, 15) is 10.2 Å². The summed E-state index contributed by atoms with van der Waals surface area (Å²) in [6.45, 7) is 3.48. The largest absolute Gasteiger partial charge is 0.497 e. The Morgan fingerprint density at radius 2 is 2.00 bits per heavy atom. The van der Waals surface area contributed by atoms with E-state index in [0.717, 1.165) is 0 Å². The zero-order valence-electron chi connectivity index (χ0n) is 9.60. The predicted octanol–water partition coefficient (Wildman–Crippen LogP) is 1.26. The number of ether oxygens (including phenoxy) is 2. The Morgan fingerprint density at radius 1 is 1.31 bits per heavy atom. The average Bonchev–Trinajstić information content (AvgIpc) is 2.25. The molecule has 2 rings (SSSR count). The molecular formula is C12H16O4. The van der Waals surface area contributed by atoms with E-state index < -0.39 is 17.8 Å². The summed E-state index contributed by atoms with van der Waals surface area (Å²) < 4.78 is 10.7. The molecular weight excluding hydrogens is 208 g/mol. The van der Waals surface area contributed by atoms with Gasteiger partial charge in [0.15, 0.2) is 0 Å². The first-order valence-electron chi connectivity index (χ1n) is 5.19. The normalized spacial score (nSPS) is 26.8. The first-order valence-corrected chi connectivity index (χ1v) is 5.19. The first kappa shape index (κ1) is 11.2. The quantitative estimate of drug-likeness (QED) is 0.754. The summed E-state index contributed by atoms with van der Waals surface area (Å²) in [6.07, 6.45) is -1.86. The number of rotatable bonds is 1. The monoisotopic (exact) mass is 224 g/mol. The van der Waals surface area contributed by atoms with Crippen molar-refractivity contribution in [2.24, 2.45) is 0 Å². The smallest absolute Gasteiger partial charge is 0.132 e. The Morgan fingerprint density at radius 3 is 2.62 bits per heavy atom. The van der Waals surface area contributed by atoms with Crippen LogP contribution in [0, 0.1) is 0 Å². The van der Waals surface area contributed by atoms with Crippen LogP contribution in [0.3, 0.4) is 0 Å². The van der Waals surface area contributed by atoms with Crippen molar-refractivity contribution < 1.29 is 19.7 Å². The number of aliphatic hydroxyl groups excluding tert-OH is 2. The van der Waals surface area contributed by atoms with Crippen molar-refractivity contribution >= 4 is 0 Å². The number of fused-ring (bicyclic) bond motifs is 1. The van der Waals surface area contributed by atoms with Crippen molar-refractivity contribution in [3.05, 3.63) is 23.8 Å². The van der Waals surface area contributed by atoms with Crippen molar-refractivity contribution in [1.82, 2.24) is 0 Å². The minimum absolute atomic E-state index is 0.558. The molecule has 0 saturated heterocycles. The molecule has 88 valence electrons. The highest BCUT2D eigenvalue weighted by Crippen LogP contribution is 2.41. The lowest BCUT2D eigenvalue weighted by Crippen LogP contribution is -2.48. The van der Waals surface area contributed by atoms with Crippen molar-refractivity contribution in [1.29, 1.82) is 0 Å². The van der Waals surface area contributed by atoms with Crippen LogP contribution in [0.5, 0.6) is 11.5 Å². The Hall–Kier alpha value is -1.26. The standard InChI is InChI=1S/C12H16O4/c1-12(2)11(14)10(13)8-5-4-7(15-3)6-9(8)16-12/h4-6,10-11,13-14H,1-3H3. The van der Waals surface area contributed by atoms with Crippen LogP contribution in [-0.2, 0) is 0 Å². The van der Waals surface area contributed by atoms with Crippen LogP contribution in [0.25, 0.3) is 0 Å². The highest BCUT2D eigenvalue weighted by atomic mass is 16.5. The van der Waals surface area contributed by atoms with E-state index in [1.165, 1.54) is 0 Å². The van der Waals surface area contributed by atoms with Gasteiger partial charge >= 0.3 is 0 Å². The summed E-state index contributed by atoms with van der Waals surface area (Å²) in [5.74, 6) is 1.22. The maximum absolute atomic E-state index is 9.96. The molecule has 0 aromatic heterocycles. The van der Waals surface area contributed by atoms with Gasteiger partial charge in [-0.2, -0.15) is 0 Å². The van der Waals surface area contributed by atoms with Crippen LogP contribution < -0.4 is 9.47 Å². The molecule has 1 heterocycles. The molecule has 1 aliphatic heterocycles. The fraction of sp³-hybridized carbons (Fsp3) is 0.500. The lowest BCUT2D eigenvalue weighted by Gasteiger charge is -2.40. The lowest BCUT2D eigenvalue weighted by atomic mass is 9.88. The van der Waals surface area contributed by atoms with E-state index >= 15 is 0 Å².